The van der Waals surface area contributed by atoms with Crippen molar-refractivity contribution >= 4 is 27.9 Å². The van der Waals surface area contributed by atoms with Gasteiger partial charge in [-0.2, -0.15) is 5.10 Å². The zero-order valence-electron chi connectivity index (χ0n) is 19.5. The van der Waals surface area contributed by atoms with Crippen LogP contribution in [0, 0.1) is 0 Å². The summed E-state index contributed by atoms with van der Waals surface area (Å²) in [5.74, 6) is 0.123. The third kappa shape index (κ3) is 5.23. The van der Waals surface area contributed by atoms with E-state index in [-0.39, 0.29) is 13.2 Å². The number of urea groups is 1. The normalized spacial score (nSPS) is 15.4. The number of aromatic nitrogens is 2. The molecule has 3 aromatic rings. The maximum Gasteiger partial charge on any atom is 0.338 e. The topological polar surface area (TPSA) is 104 Å². The Morgan fingerprint density at radius 3 is 2.60 bits per heavy atom. The van der Waals surface area contributed by atoms with Gasteiger partial charge in [0.25, 0.3) is 0 Å². The number of methoxy groups -OCH3 is 2. The lowest BCUT2D eigenvalue weighted by Gasteiger charge is -2.28. The van der Waals surface area contributed by atoms with Gasteiger partial charge < -0.3 is 24.8 Å². The van der Waals surface area contributed by atoms with Crippen LogP contribution in [-0.2, 0) is 14.3 Å². The molecule has 4 rings (SSSR count). The number of nitrogens with one attached hydrogen (secondary N) is 2. The summed E-state index contributed by atoms with van der Waals surface area (Å²) < 4.78 is 18.2. The quantitative estimate of drug-likeness (QED) is 0.329. The summed E-state index contributed by atoms with van der Waals surface area (Å²) in [6.07, 6.45) is 1.81. The number of rotatable bonds is 8. The Morgan fingerprint density at radius 1 is 1.14 bits per heavy atom. The van der Waals surface area contributed by atoms with Crippen LogP contribution in [0.1, 0.15) is 18.5 Å². The monoisotopic (exact) mass is 540 g/mol. The fourth-order valence-corrected chi connectivity index (χ4v) is 4.38. The third-order valence-electron chi connectivity index (χ3n) is 5.51. The van der Waals surface area contributed by atoms with Gasteiger partial charge in [0.15, 0.2) is 0 Å². The zero-order valence-corrected chi connectivity index (χ0v) is 21.1. The van der Waals surface area contributed by atoms with Gasteiger partial charge in [-0.1, -0.05) is 18.2 Å². The Balaban J connectivity index is 1.85. The molecule has 2 aromatic carbocycles. The van der Waals surface area contributed by atoms with Crippen LogP contribution in [0.15, 0.2) is 70.5 Å². The number of benzene rings is 2. The van der Waals surface area contributed by atoms with Crippen molar-refractivity contribution in [1.29, 1.82) is 0 Å². The largest absolute Gasteiger partial charge is 0.496 e. The first-order valence-corrected chi connectivity index (χ1v) is 11.7. The molecule has 0 radical (unpaired) electrons. The zero-order chi connectivity index (χ0) is 24.9. The SMILES string of the molecule is COCCOC(=O)C1=C(C)NC(=O)NC1c1cn(-c2ccccc2)nc1-c1ccc(OC)c(Br)c1. The number of allylic oxidation sites excluding steroid dienone is 1. The van der Waals surface area contributed by atoms with Crippen molar-refractivity contribution in [3.05, 3.63) is 76.0 Å². The van der Waals surface area contributed by atoms with Gasteiger partial charge >= 0.3 is 12.0 Å². The van der Waals surface area contributed by atoms with Gasteiger partial charge in [-0.15, -0.1) is 0 Å². The van der Waals surface area contributed by atoms with Gasteiger partial charge in [-0.3, -0.25) is 0 Å². The van der Waals surface area contributed by atoms with Gasteiger partial charge in [-0.25, -0.2) is 14.3 Å². The Morgan fingerprint density at radius 2 is 1.91 bits per heavy atom. The van der Waals surface area contributed by atoms with E-state index in [4.69, 9.17) is 19.3 Å². The summed E-state index contributed by atoms with van der Waals surface area (Å²) in [6, 6.07) is 14.0. The van der Waals surface area contributed by atoms with Gasteiger partial charge in [0, 0.05) is 30.1 Å². The Labute approximate surface area is 211 Å². The van der Waals surface area contributed by atoms with E-state index in [0.717, 1.165) is 15.7 Å². The van der Waals surface area contributed by atoms with Gasteiger partial charge in [0.05, 0.1) is 41.2 Å². The van der Waals surface area contributed by atoms with E-state index >= 15 is 0 Å². The predicted octanol–water partition coefficient (Wildman–Crippen LogP) is 4.13. The molecule has 10 heteroatoms. The fraction of sp³-hybridized carbons (Fsp3) is 0.240. The first-order valence-electron chi connectivity index (χ1n) is 10.9. The van der Waals surface area contributed by atoms with Crippen LogP contribution in [0.2, 0.25) is 0 Å². The van der Waals surface area contributed by atoms with E-state index in [1.165, 1.54) is 7.11 Å². The van der Waals surface area contributed by atoms with Crippen molar-refractivity contribution in [1.82, 2.24) is 20.4 Å². The van der Waals surface area contributed by atoms with Crippen molar-refractivity contribution in [3.63, 3.8) is 0 Å². The number of ether oxygens (including phenoxy) is 3. The highest BCUT2D eigenvalue weighted by Crippen LogP contribution is 2.37. The number of esters is 1. The van der Waals surface area contributed by atoms with E-state index in [1.807, 2.05) is 54.7 Å². The van der Waals surface area contributed by atoms with E-state index in [1.54, 1.807) is 18.7 Å². The lowest BCUT2D eigenvalue weighted by atomic mass is 9.94. The summed E-state index contributed by atoms with van der Waals surface area (Å²) in [5.41, 5.74) is 3.55. The molecule has 2 heterocycles. The molecule has 9 nitrogen and oxygen atoms in total. The third-order valence-corrected chi connectivity index (χ3v) is 6.13. The molecule has 0 saturated heterocycles. The molecule has 0 fully saturated rings. The summed E-state index contributed by atoms with van der Waals surface area (Å²) in [5, 5.41) is 10.4. The first-order chi connectivity index (χ1) is 16.9. The molecule has 1 atom stereocenters. The Kier molecular flexibility index (Phi) is 7.52. The Hall–Kier alpha value is -3.63. The molecule has 1 aliphatic rings. The summed E-state index contributed by atoms with van der Waals surface area (Å²) in [7, 11) is 3.12. The average Bonchev–Trinajstić information content (AvgIpc) is 3.29. The number of carbonyl (C=O) groups excluding carboxylic acids is 2. The number of carbonyl (C=O) groups is 2. The second kappa shape index (κ2) is 10.7. The molecular weight excluding hydrogens is 516 g/mol. The molecule has 0 spiro atoms. The minimum Gasteiger partial charge on any atom is -0.496 e. The molecular formula is C25H25BrN4O5. The van der Waals surface area contributed by atoms with Crippen molar-refractivity contribution in [2.45, 2.75) is 13.0 Å². The molecule has 1 unspecified atom stereocenters. The standard InChI is InChI=1S/C25H25BrN4O5/c1-15-21(24(31)35-12-11-33-2)23(28-25(32)27-15)18-14-30(17-7-5-4-6-8-17)29-22(18)16-9-10-20(34-3)19(26)13-16/h4-10,13-14,23H,11-12H2,1-3H3,(H2,27,28,32). The first kappa shape index (κ1) is 24.5. The highest BCUT2D eigenvalue weighted by atomic mass is 79.9. The minimum absolute atomic E-state index is 0.0916. The summed E-state index contributed by atoms with van der Waals surface area (Å²) >= 11 is 3.53. The van der Waals surface area contributed by atoms with Gasteiger partial charge in [0.1, 0.15) is 12.4 Å². The molecule has 0 bridgehead atoms. The fourth-order valence-electron chi connectivity index (χ4n) is 3.84. The number of para-hydroxylation sites is 1. The second-order valence-corrected chi connectivity index (χ2v) is 8.62. The number of hydrogen-bond acceptors (Lipinski definition) is 6. The molecule has 1 aliphatic heterocycles. The maximum atomic E-state index is 13.1. The molecule has 35 heavy (non-hydrogen) atoms. The van der Waals surface area contributed by atoms with Gasteiger partial charge in [0.2, 0.25) is 0 Å². The minimum atomic E-state index is -0.785. The second-order valence-electron chi connectivity index (χ2n) is 7.76. The Bertz CT molecular complexity index is 1270. The highest BCUT2D eigenvalue weighted by molar-refractivity contribution is 9.10. The number of hydrogen-bond donors (Lipinski definition) is 2. The maximum absolute atomic E-state index is 13.1. The van der Waals surface area contributed by atoms with Crippen LogP contribution >= 0.6 is 15.9 Å². The molecule has 2 amide bonds. The number of halogens is 1. The predicted molar refractivity (Wildman–Crippen MR) is 133 cm³/mol. The van der Waals surface area contributed by atoms with Crippen molar-refractivity contribution < 1.29 is 23.8 Å². The molecule has 1 aromatic heterocycles. The highest BCUT2D eigenvalue weighted by Gasteiger charge is 2.35. The molecule has 2 N–H and O–H groups in total. The molecule has 182 valence electrons. The van der Waals surface area contributed by atoms with E-state index in [2.05, 4.69) is 26.6 Å². The molecule has 0 saturated carbocycles. The summed E-state index contributed by atoms with van der Waals surface area (Å²) in [6.45, 7) is 2.03. The van der Waals surface area contributed by atoms with Gasteiger partial charge in [-0.05, 0) is 53.2 Å². The van der Waals surface area contributed by atoms with E-state index in [0.29, 0.717) is 28.3 Å². The lowest BCUT2D eigenvalue weighted by Crippen LogP contribution is -2.45. The smallest absolute Gasteiger partial charge is 0.338 e. The lowest BCUT2D eigenvalue weighted by molar-refractivity contribution is -0.140. The number of nitrogens with zero attached hydrogens (tertiary/aromatic N) is 2. The van der Waals surface area contributed by atoms with Crippen LogP contribution < -0.4 is 15.4 Å². The van der Waals surface area contributed by atoms with Crippen LogP contribution in [0.4, 0.5) is 4.79 Å². The van der Waals surface area contributed by atoms with Crippen molar-refractivity contribution in [2.24, 2.45) is 0 Å². The van der Waals surface area contributed by atoms with Crippen LogP contribution in [0.25, 0.3) is 16.9 Å². The summed E-state index contributed by atoms with van der Waals surface area (Å²) in [4.78, 5) is 25.5. The van der Waals surface area contributed by atoms with Crippen molar-refractivity contribution in [2.75, 3.05) is 27.4 Å². The van der Waals surface area contributed by atoms with Crippen LogP contribution in [-0.4, -0.2) is 49.2 Å². The van der Waals surface area contributed by atoms with Crippen LogP contribution in [0.3, 0.4) is 0 Å². The van der Waals surface area contributed by atoms with E-state index < -0.39 is 18.0 Å². The van der Waals surface area contributed by atoms with Crippen LogP contribution in [0.5, 0.6) is 5.75 Å². The van der Waals surface area contributed by atoms with Crippen molar-refractivity contribution in [3.8, 4) is 22.7 Å². The molecule has 0 aliphatic carbocycles. The average molecular weight is 541 g/mol. The van der Waals surface area contributed by atoms with E-state index in [9.17, 15) is 9.59 Å². The number of amides is 2.